The summed E-state index contributed by atoms with van der Waals surface area (Å²) in [6, 6.07) is 8.32. The SMILES string of the molecule is CC1CCC(Oc2ccc3cc(CN4CCC[C@H](CC(=O)O)C4)ccc3c2C(F)(F)F)CC1. The molecule has 1 aliphatic carbocycles. The molecule has 33 heavy (non-hydrogen) atoms. The van der Waals surface area contributed by atoms with Crippen molar-refractivity contribution in [2.45, 2.75) is 70.7 Å². The van der Waals surface area contributed by atoms with Crippen molar-refractivity contribution in [3.63, 3.8) is 0 Å². The van der Waals surface area contributed by atoms with E-state index in [0.29, 0.717) is 24.4 Å². The number of carbonyl (C=O) groups is 1. The molecule has 1 N–H and O–H groups in total. The third-order valence-corrected chi connectivity index (χ3v) is 7.06. The highest BCUT2D eigenvalue weighted by atomic mass is 19.4. The largest absolute Gasteiger partial charge is 0.490 e. The molecule has 1 aliphatic heterocycles. The summed E-state index contributed by atoms with van der Waals surface area (Å²) in [7, 11) is 0. The van der Waals surface area contributed by atoms with Gasteiger partial charge >= 0.3 is 12.1 Å². The number of carboxylic acids is 1. The highest BCUT2D eigenvalue weighted by Crippen LogP contribution is 2.43. The van der Waals surface area contributed by atoms with Gasteiger partial charge in [-0.25, -0.2) is 0 Å². The van der Waals surface area contributed by atoms with Crippen molar-refractivity contribution in [2.75, 3.05) is 13.1 Å². The number of benzene rings is 2. The third kappa shape index (κ3) is 5.99. The molecule has 1 heterocycles. The van der Waals surface area contributed by atoms with Gasteiger partial charge in [0.15, 0.2) is 0 Å². The van der Waals surface area contributed by atoms with Gasteiger partial charge in [0.1, 0.15) is 11.3 Å². The fourth-order valence-corrected chi connectivity index (χ4v) is 5.34. The van der Waals surface area contributed by atoms with Gasteiger partial charge in [0.25, 0.3) is 0 Å². The normalized spacial score (nSPS) is 24.7. The van der Waals surface area contributed by atoms with Gasteiger partial charge in [-0.3, -0.25) is 9.69 Å². The van der Waals surface area contributed by atoms with Gasteiger partial charge in [-0.05, 0) is 85.4 Å². The van der Waals surface area contributed by atoms with E-state index in [1.807, 2.05) is 6.07 Å². The van der Waals surface area contributed by atoms with Gasteiger partial charge in [0, 0.05) is 19.5 Å². The topological polar surface area (TPSA) is 49.8 Å². The predicted molar refractivity (Wildman–Crippen MR) is 121 cm³/mol. The molecule has 0 radical (unpaired) electrons. The molecular formula is C26H32F3NO3. The number of fused-ring (bicyclic) bond motifs is 1. The molecule has 7 heteroatoms. The van der Waals surface area contributed by atoms with E-state index in [1.165, 1.54) is 6.07 Å². The van der Waals surface area contributed by atoms with Crippen LogP contribution in [0.4, 0.5) is 13.2 Å². The number of hydrogen-bond acceptors (Lipinski definition) is 3. The van der Waals surface area contributed by atoms with Crippen LogP contribution in [-0.2, 0) is 17.5 Å². The average molecular weight is 464 g/mol. The van der Waals surface area contributed by atoms with Crippen LogP contribution in [0.3, 0.4) is 0 Å². The van der Waals surface area contributed by atoms with Gasteiger partial charge in [0.2, 0.25) is 0 Å². The Balaban J connectivity index is 1.55. The van der Waals surface area contributed by atoms with Crippen molar-refractivity contribution in [3.8, 4) is 5.75 Å². The fourth-order valence-electron chi connectivity index (χ4n) is 5.34. The van der Waals surface area contributed by atoms with Crippen molar-refractivity contribution in [2.24, 2.45) is 11.8 Å². The van der Waals surface area contributed by atoms with E-state index < -0.39 is 17.7 Å². The number of aliphatic carboxylic acids is 1. The van der Waals surface area contributed by atoms with Crippen LogP contribution in [0.2, 0.25) is 0 Å². The monoisotopic (exact) mass is 463 g/mol. The molecule has 4 nitrogen and oxygen atoms in total. The van der Waals surface area contributed by atoms with E-state index in [9.17, 15) is 18.0 Å². The lowest BCUT2D eigenvalue weighted by Crippen LogP contribution is -2.35. The zero-order chi connectivity index (χ0) is 23.6. The molecule has 0 bridgehead atoms. The summed E-state index contributed by atoms with van der Waals surface area (Å²) >= 11 is 0. The first-order valence-electron chi connectivity index (χ1n) is 11.9. The summed E-state index contributed by atoms with van der Waals surface area (Å²) in [6.45, 7) is 4.34. The molecule has 2 fully saturated rings. The van der Waals surface area contributed by atoms with E-state index in [0.717, 1.165) is 50.6 Å². The Hall–Kier alpha value is -2.28. The molecular weight excluding hydrogens is 431 g/mol. The minimum absolute atomic E-state index is 0.0742. The van der Waals surface area contributed by atoms with Gasteiger partial charge in [0.05, 0.1) is 6.10 Å². The molecule has 0 aromatic heterocycles. The second-order valence-corrected chi connectivity index (χ2v) is 9.83. The van der Waals surface area contributed by atoms with E-state index in [-0.39, 0.29) is 29.6 Å². The Morgan fingerprint density at radius 1 is 1.12 bits per heavy atom. The Kier molecular flexibility index (Phi) is 7.17. The molecule has 1 saturated heterocycles. The third-order valence-electron chi connectivity index (χ3n) is 7.06. The van der Waals surface area contributed by atoms with Crippen molar-refractivity contribution in [1.29, 1.82) is 0 Å². The molecule has 4 rings (SSSR count). The Morgan fingerprint density at radius 2 is 1.88 bits per heavy atom. The van der Waals surface area contributed by atoms with Crippen molar-refractivity contribution < 1.29 is 27.8 Å². The number of likely N-dealkylation sites (tertiary alicyclic amines) is 1. The number of hydrogen-bond donors (Lipinski definition) is 1. The number of piperidine rings is 1. The highest BCUT2D eigenvalue weighted by molar-refractivity contribution is 5.89. The smallest absolute Gasteiger partial charge is 0.420 e. The summed E-state index contributed by atoms with van der Waals surface area (Å²) in [4.78, 5) is 13.2. The van der Waals surface area contributed by atoms with Crippen molar-refractivity contribution in [1.82, 2.24) is 4.90 Å². The van der Waals surface area contributed by atoms with Gasteiger partial charge in [-0.1, -0.05) is 25.1 Å². The minimum Gasteiger partial charge on any atom is -0.490 e. The van der Waals surface area contributed by atoms with Crippen LogP contribution in [0, 0.1) is 11.8 Å². The Bertz CT molecular complexity index is 983. The van der Waals surface area contributed by atoms with Crippen molar-refractivity contribution in [3.05, 3.63) is 41.5 Å². The first kappa shape index (κ1) is 23.9. The predicted octanol–water partition coefficient (Wildman–Crippen LogP) is 6.50. The number of alkyl halides is 3. The lowest BCUT2D eigenvalue weighted by molar-refractivity contribution is -0.139. The van der Waals surface area contributed by atoms with Crippen LogP contribution in [-0.4, -0.2) is 35.2 Å². The zero-order valence-electron chi connectivity index (χ0n) is 19.0. The number of carboxylic acid groups (broad SMARTS) is 1. The summed E-state index contributed by atoms with van der Waals surface area (Å²) in [5, 5.41) is 9.78. The van der Waals surface area contributed by atoms with E-state index >= 15 is 0 Å². The summed E-state index contributed by atoms with van der Waals surface area (Å²) < 4.78 is 48.1. The van der Waals surface area contributed by atoms with Crippen LogP contribution in [0.1, 0.15) is 63.0 Å². The Labute approximate surface area is 192 Å². The molecule has 2 aliphatic rings. The van der Waals surface area contributed by atoms with Gasteiger partial charge in [-0.2, -0.15) is 13.2 Å². The molecule has 0 spiro atoms. The second-order valence-electron chi connectivity index (χ2n) is 9.83. The van der Waals surface area contributed by atoms with E-state index in [2.05, 4.69) is 11.8 Å². The maximum Gasteiger partial charge on any atom is 0.420 e. The quantitative estimate of drug-likeness (QED) is 0.531. The maximum absolute atomic E-state index is 14.1. The summed E-state index contributed by atoms with van der Waals surface area (Å²) in [5.74, 6) is -0.139. The lowest BCUT2D eigenvalue weighted by atomic mass is 9.89. The molecule has 180 valence electrons. The summed E-state index contributed by atoms with van der Waals surface area (Å²) in [5.41, 5.74) is 0.242. The first-order chi connectivity index (χ1) is 15.7. The number of rotatable bonds is 6. The van der Waals surface area contributed by atoms with Crippen LogP contribution in [0.25, 0.3) is 10.8 Å². The molecule has 0 amide bonds. The molecule has 1 saturated carbocycles. The van der Waals surface area contributed by atoms with Crippen LogP contribution >= 0.6 is 0 Å². The number of nitrogens with zero attached hydrogens (tertiary/aromatic N) is 1. The zero-order valence-corrected chi connectivity index (χ0v) is 19.0. The van der Waals surface area contributed by atoms with Gasteiger partial charge in [-0.15, -0.1) is 0 Å². The average Bonchev–Trinajstić information content (AvgIpc) is 2.74. The maximum atomic E-state index is 14.1. The lowest BCUT2D eigenvalue weighted by Gasteiger charge is -2.32. The molecule has 0 unspecified atom stereocenters. The van der Waals surface area contributed by atoms with E-state index in [1.54, 1.807) is 18.2 Å². The van der Waals surface area contributed by atoms with Crippen LogP contribution in [0.15, 0.2) is 30.3 Å². The fraction of sp³-hybridized carbons (Fsp3) is 0.577. The number of halogens is 3. The molecule has 2 aromatic carbocycles. The highest BCUT2D eigenvalue weighted by Gasteiger charge is 2.37. The van der Waals surface area contributed by atoms with Gasteiger partial charge < -0.3 is 9.84 Å². The standard InChI is InChI=1S/C26H32F3NO3/c1-17-4-8-21(9-5-17)33-23-11-7-20-13-19(6-10-22(20)25(23)26(27,28)29)16-30-12-2-3-18(15-30)14-24(31)32/h6-7,10-11,13,17-18,21H,2-5,8-9,12,14-16H2,1H3,(H,31,32)/t17?,18-,21?/m1/s1. The van der Waals surface area contributed by atoms with Crippen LogP contribution < -0.4 is 4.74 Å². The van der Waals surface area contributed by atoms with Crippen molar-refractivity contribution >= 4 is 16.7 Å². The van der Waals surface area contributed by atoms with Crippen LogP contribution in [0.5, 0.6) is 5.75 Å². The first-order valence-corrected chi connectivity index (χ1v) is 11.9. The number of ether oxygens (including phenoxy) is 1. The summed E-state index contributed by atoms with van der Waals surface area (Å²) in [6.07, 6.45) is 0.850. The Morgan fingerprint density at radius 3 is 2.58 bits per heavy atom. The molecule has 1 atom stereocenters. The second kappa shape index (κ2) is 9.92. The minimum atomic E-state index is -4.50. The van der Waals surface area contributed by atoms with E-state index in [4.69, 9.17) is 9.84 Å². The molecule has 2 aromatic rings.